The Kier molecular flexibility index (Phi) is 3.57. The third-order valence-electron chi connectivity index (χ3n) is 2.34. The smallest absolute Gasteiger partial charge is 0.342 e. The number of nitrogens with two attached hydrogens (primary N) is 1. The molecular weight excluding hydrogens is 250 g/mol. The zero-order chi connectivity index (χ0) is 13.1. The fourth-order valence-corrected chi connectivity index (χ4v) is 2.35. The molecule has 0 saturated heterocycles. The second-order valence-electron chi connectivity index (χ2n) is 3.59. The van der Waals surface area contributed by atoms with Crippen LogP contribution in [0, 0.1) is 6.92 Å². The number of anilines is 1. The van der Waals surface area contributed by atoms with Crippen molar-refractivity contribution in [3.63, 3.8) is 0 Å². The Labute approximate surface area is 109 Å². The number of hydrogen-bond acceptors (Lipinski definition) is 6. The Hall–Kier alpha value is -1.95. The maximum absolute atomic E-state index is 12.0. The van der Waals surface area contributed by atoms with E-state index in [1.807, 2.05) is 17.5 Å². The third kappa shape index (κ3) is 2.33. The molecular formula is C12H13N3O2S. The van der Waals surface area contributed by atoms with E-state index in [0.29, 0.717) is 23.6 Å². The first-order valence-electron chi connectivity index (χ1n) is 5.48. The number of esters is 1. The van der Waals surface area contributed by atoms with Crippen molar-refractivity contribution in [2.75, 3.05) is 12.3 Å². The van der Waals surface area contributed by atoms with E-state index < -0.39 is 5.97 Å². The fourth-order valence-electron chi connectivity index (χ4n) is 1.63. The van der Waals surface area contributed by atoms with E-state index in [4.69, 9.17) is 10.5 Å². The van der Waals surface area contributed by atoms with Gasteiger partial charge in [-0.15, -0.1) is 11.3 Å². The number of hydrogen-bond donors (Lipinski definition) is 1. The molecule has 0 atom stereocenters. The molecule has 0 aliphatic rings. The van der Waals surface area contributed by atoms with Crippen molar-refractivity contribution in [3.05, 3.63) is 28.8 Å². The van der Waals surface area contributed by atoms with Crippen LogP contribution in [0.4, 0.5) is 5.95 Å². The van der Waals surface area contributed by atoms with Gasteiger partial charge in [0.2, 0.25) is 5.95 Å². The molecule has 2 aromatic rings. The number of ether oxygens (including phenoxy) is 1. The van der Waals surface area contributed by atoms with Crippen molar-refractivity contribution in [1.29, 1.82) is 0 Å². The predicted octanol–water partition coefficient (Wildman–Crippen LogP) is 2.27. The number of carbonyl (C=O) groups excluding carboxylic acids is 1. The highest BCUT2D eigenvalue weighted by atomic mass is 32.1. The van der Waals surface area contributed by atoms with Crippen LogP contribution in [0.25, 0.3) is 10.6 Å². The van der Waals surface area contributed by atoms with E-state index in [0.717, 1.165) is 4.88 Å². The molecule has 5 nitrogen and oxygen atoms in total. The molecule has 2 aromatic heterocycles. The van der Waals surface area contributed by atoms with Gasteiger partial charge in [0, 0.05) is 0 Å². The standard InChI is InChI=1S/C12H13N3O2S/c1-3-17-11(16)9-7(2)14-12(13)15-10(9)8-5-4-6-18-8/h4-6H,3H2,1-2H3,(H2,13,14,15). The molecule has 0 fully saturated rings. The topological polar surface area (TPSA) is 78.1 Å². The van der Waals surface area contributed by atoms with Crippen LogP contribution in [-0.4, -0.2) is 22.5 Å². The number of carbonyl (C=O) groups is 1. The van der Waals surface area contributed by atoms with E-state index in [-0.39, 0.29) is 5.95 Å². The zero-order valence-corrected chi connectivity index (χ0v) is 11.0. The van der Waals surface area contributed by atoms with E-state index in [1.54, 1.807) is 13.8 Å². The monoisotopic (exact) mass is 263 g/mol. The average molecular weight is 263 g/mol. The first-order valence-corrected chi connectivity index (χ1v) is 6.36. The summed E-state index contributed by atoms with van der Waals surface area (Å²) in [5.41, 5.74) is 7.09. The lowest BCUT2D eigenvalue weighted by atomic mass is 10.1. The summed E-state index contributed by atoms with van der Waals surface area (Å²) in [5.74, 6) is -0.262. The minimum atomic E-state index is -0.418. The summed E-state index contributed by atoms with van der Waals surface area (Å²) in [6.45, 7) is 3.80. The Bertz CT molecular complexity index is 567. The van der Waals surface area contributed by atoms with Gasteiger partial charge >= 0.3 is 5.97 Å². The van der Waals surface area contributed by atoms with Gasteiger partial charge in [0.15, 0.2) is 0 Å². The van der Waals surface area contributed by atoms with Crippen LogP contribution in [0.3, 0.4) is 0 Å². The summed E-state index contributed by atoms with van der Waals surface area (Å²) in [6, 6.07) is 3.77. The lowest BCUT2D eigenvalue weighted by Gasteiger charge is -2.09. The normalized spacial score (nSPS) is 10.3. The maximum atomic E-state index is 12.0. The Morgan fingerprint density at radius 2 is 2.28 bits per heavy atom. The van der Waals surface area contributed by atoms with E-state index >= 15 is 0 Å². The van der Waals surface area contributed by atoms with Crippen LogP contribution in [0.1, 0.15) is 23.0 Å². The molecule has 0 amide bonds. The Morgan fingerprint density at radius 3 is 2.89 bits per heavy atom. The van der Waals surface area contributed by atoms with Gasteiger partial charge in [-0.2, -0.15) is 0 Å². The SMILES string of the molecule is CCOC(=O)c1c(C)nc(N)nc1-c1cccs1. The van der Waals surface area contributed by atoms with Crippen molar-refractivity contribution < 1.29 is 9.53 Å². The molecule has 0 aliphatic heterocycles. The molecule has 2 N–H and O–H groups in total. The summed E-state index contributed by atoms with van der Waals surface area (Å²) in [6.07, 6.45) is 0. The lowest BCUT2D eigenvalue weighted by Crippen LogP contribution is -2.12. The highest BCUT2D eigenvalue weighted by molar-refractivity contribution is 7.13. The molecule has 6 heteroatoms. The van der Waals surface area contributed by atoms with Gasteiger partial charge in [0.05, 0.1) is 17.2 Å². The minimum Gasteiger partial charge on any atom is -0.462 e. The van der Waals surface area contributed by atoms with Gasteiger partial charge in [-0.3, -0.25) is 0 Å². The highest BCUT2D eigenvalue weighted by Crippen LogP contribution is 2.28. The zero-order valence-electron chi connectivity index (χ0n) is 10.1. The minimum absolute atomic E-state index is 0.156. The van der Waals surface area contributed by atoms with Crippen LogP contribution >= 0.6 is 11.3 Å². The number of thiophene rings is 1. The largest absolute Gasteiger partial charge is 0.462 e. The molecule has 2 rings (SSSR count). The van der Waals surface area contributed by atoms with Gasteiger partial charge in [0.25, 0.3) is 0 Å². The van der Waals surface area contributed by atoms with E-state index in [1.165, 1.54) is 11.3 Å². The molecule has 0 bridgehead atoms. The summed E-state index contributed by atoms with van der Waals surface area (Å²) >= 11 is 1.49. The number of aryl methyl sites for hydroxylation is 1. The third-order valence-corrected chi connectivity index (χ3v) is 3.22. The van der Waals surface area contributed by atoms with Crippen molar-refractivity contribution in [3.8, 4) is 10.6 Å². The van der Waals surface area contributed by atoms with Gasteiger partial charge in [-0.05, 0) is 25.3 Å². The predicted molar refractivity (Wildman–Crippen MR) is 70.5 cm³/mol. The molecule has 0 saturated carbocycles. The number of nitrogens with zero attached hydrogens (tertiary/aromatic N) is 2. The first kappa shape index (κ1) is 12.5. The molecule has 0 unspecified atom stereocenters. The molecule has 2 heterocycles. The Morgan fingerprint density at radius 1 is 1.50 bits per heavy atom. The van der Waals surface area contributed by atoms with E-state index in [9.17, 15) is 4.79 Å². The second kappa shape index (κ2) is 5.14. The van der Waals surface area contributed by atoms with Crippen molar-refractivity contribution in [2.45, 2.75) is 13.8 Å². The Balaban J connectivity index is 2.59. The maximum Gasteiger partial charge on any atom is 0.342 e. The quantitative estimate of drug-likeness (QED) is 0.859. The van der Waals surface area contributed by atoms with Crippen molar-refractivity contribution in [2.24, 2.45) is 0 Å². The lowest BCUT2D eigenvalue weighted by molar-refractivity contribution is 0.0525. The van der Waals surface area contributed by atoms with Crippen molar-refractivity contribution in [1.82, 2.24) is 9.97 Å². The number of nitrogen functional groups attached to an aromatic ring is 1. The summed E-state index contributed by atoms with van der Waals surface area (Å²) in [4.78, 5) is 21.0. The van der Waals surface area contributed by atoms with Crippen LogP contribution in [0.5, 0.6) is 0 Å². The number of aromatic nitrogens is 2. The molecule has 94 valence electrons. The second-order valence-corrected chi connectivity index (χ2v) is 4.54. The summed E-state index contributed by atoms with van der Waals surface area (Å²) in [7, 11) is 0. The van der Waals surface area contributed by atoms with Gasteiger partial charge in [-0.1, -0.05) is 6.07 Å². The van der Waals surface area contributed by atoms with Crippen LogP contribution < -0.4 is 5.73 Å². The van der Waals surface area contributed by atoms with Crippen LogP contribution in [-0.2, 0) is 4.74 Å². The molecule has 0 aromatic carbocycles. The number of rotatable bonds is 3. The van der Waals surface area contributed by atoms with Crippen molar-refractivity contribution >= 4 is 23.3 Å². The average Bonchev–Trinajstić information content (AvgIpc) is 2.81. The van der Waals surface area contributed by atoms with Gasteiger partial charge < -0.3 is 10.5 Å². The molecule has 0 radical (unpaired) electrons. The molecule has 18 heavy (non-hydrogen) atoms. The van der Waals surface area contributed by atoms with Crippen LogP contribution in [0.2, 0.25) is 0 Å². The van der Waals surface area contributed by atoms with E-state index in [2.05, 4.69) is 9.97 Å². The van der Waals surface area contributed by atoms with Crippen LogP contribution in [0.15, 0.2) is 17.5 Å². The first-order chi connectivity index (χ1) is 8.63. The molecule has 0 spiro atoms. The van der Waals surface area contributed by atoms with Gasteiger partial charge in [0.1, 0.15) is 11.3 Å². The summed E-state index contributed by atoms with van der Waals surface area (Å²) in [5, 5.41) is 1.91. The highest BCUT2D eigenvalue weighted by Gasteiger charge is 2.20. The molecule has 0 aliphatic carbocycles. The fraction of sp³-hybridized carbons (Fsp3) is 0.250. The van der Waals surface area contributed by atoms with Gasteiger partial charge in [-0.25, -0.2) is 14.8 Å². The summed E-state index contributed by atoms with van der Waals surface area (Å²) < 4.78 is 5.03.